The second kappa shape index (κ2) is 42.7. The van der Waals surface area contributed by atoms with Crippen LogP contribution in [0.1, 0.15) is 208 Å². The van der Waals surface area contributed by atoms with Gasteiger partial charge in [-0.25, -0.2) is 0 Å². The highest BCUT2D eigenvalue weighted by atomic mass is 16.7. The number of amides is 1. The number of aliphatic hydroxyl groups excluding tert-OH is 6. The van der Waals surface area contributed by atoms with E-state index >= 15 is 0 Å². The molecule has 0 unspecified atom stereocenters. The Morgan fingerprint density at radius 2 is 0.931 bits per heavy atom. The Hall–Kier alpha value is -3.57. The fourth-order valence-electron chi connectivity index (χ4n) is 15.2. The number of ether oxygens (including phenoxy) is 6. The number of carbonyl (C=O) groups is 3. The predicted octanol–water partition coefficient (Wildman–Crippen LogP) is 7.43. The van der Waals surface area contributed by atoms with E-state index in [0.29, 0.717) is 38.8 Å². The number of nitrogens with one attached hydrogen (secondary N) is 1. The van der Waals surface area contributed by atoms with Crippen molar-refractivity contribution in [2.24, 2.45) is 35.5 Å². The van der Waals surface area contributed by atoms with Crippen LogP contribution in [0.2, 0.25) is 0 Å². The van der Waals surface area contributed by atoms with Gasteiger partial charge in [-0.3, -0.25) is 14.4 Å². The number of likely N-dealkylation sites (N-methyl/N-ethyl adjacent to an activating group) is 4. The average Bonchev–Trinajstić information content (AvgIpc) is 1.70. The second-order valence-corrected chi connectivity index (χ2v) is 31.2. The lowest BCUT2D eigenvalue weighted by Gasteiger charge is -2.47. The zero-order chi connectivity index (χ0) is 76.7. The number of unbranched alkanes of at least 4 members (excludes halogenated alkanes) is 1. The van der Waals surface area contributed by atoms with E-state index in [4.69, 9.17) is 28.4 Å². The quantitative estimate of drug-likeness (QED) is 0.0302. The summed E-state index contributed by atoms with van der Waals surface area (Å²) < 4.78 is 36.4. The van der Waals surface area contributed by atoms with Crippen LogP contribution in [0.25, 0.3) is 0 Å². The molecule has 586 valence electrons. The molecular weight excluding hydrogens is 1300 g/mol. The summed E-state index contributed by atoms with van der Waals surface area (Å²) in [5, 5.41) is 118. The van der Waals surface area contributed by atoms with Crippen LogP contribution in [0, 0.1) is 35.5 Å². The van der Waals surface area contributed by atoms with E-state index in [-0.39, 0.29) is 55.6 Å². The zero-order valence-electron chi connectivity index (χ0n) is 65.4. The van der Waals surface area contributed by atoms with Gasteiger partial charge in [0.2, 0.25) is 5.91 Å². The van der Waals surface area contributed by atoms with Gasteiger partial charge in [0.15, 0.2) is 12.6 Å². The van der Waals surface area contributed by atoms with E-state index in [1.54, 1.807) is 74.4 Å². The molecule has 0 aromatic heterocycles. The minimum atomic E-state index is -1.79. The summed E-state index contributed by atoms with van der Waals surface area (Å²) in [6, 6.07) is -1.96. The molecular formula is C78H140N4O19. The summed E-state index contributed by atoms with van der Waals surface area (Å²) in [7, 11) is 7.08. The van der Waals surface area contributed by atoms with Crippen LogP contribution in [0.5, 0.6) is 0 Å². The molecule has 23 heteroatoms. The molecule has 0 aromatic carbocycles. The van der Waals surface area contributed by atoms with Crippen LogP contribution in [0.3, 0.4) is 0 Å². The van der Waals surface area contributed by atoms with Crippen molar-refractivity contribution in [2.75, 3.05) is 41.3 Å². The topological polar surface area (TPSA) is 331 Å². The van der Waals surface area contributed by atoms with Gasteiger partial charge in [0.25, 0.3) is 0 Å². The first-order valence-electron chi connectivity index (χ1n) is 37.7. The van der Waals surface area contributed by atoms with Crippen molar-refractivity contribution in [1.29, 1.82) is 0 Å². The molecule has 11 N–H and O–H groups in total. The minimum absolute atomic E-state index is 0.0985. The monoisotopic (exact) mass is 1440 g/mol. The average molecular weight is 1440 g/mol. The van der Waals surface area contributed by atoms with E-state index in [9.17, 15) is 65.4 Å². The lowest BCUT2D eigenvalue weighted by atomic mass is 9.78. The number of allylic oxidation sites excluding steroid dienone is 10. The number of aliphatic hydroxyl groups is 10. The third-order valence-corrected chi connectivity index (χ3v) is 21.8. The Kier molecular flexibility index (Phi) is 38.7. The molecule has 4 aliphatic heterocycles. The summed E-state index contributed by atoms with van der Waals surface area (Å²) >= 11 is 0. The second-order valence-electron chi connectivity index (χ2n) is 31.2. The normalized spacial score (nSPS) is 41.7. The van der Waals surface area contributed by atoms with E-state index in [1.165, 1.54) is 27.7 Å². The molecule has 23 nitrogen and oxygen atoms in total. The van der Waals surface area contributed by atoms with Crippen molar-refractivity contribution >= 4 is 17.8 Å². The van der Waals surface area contributed by atoms with Crippen LogP contribution in [0.4, 0.5) is 0 Å². The maximum absolute atomic E-state index is 13.5. The largest absolute Gasteiger partial charge is 0.459 e. The Morgan fingerprint density at radius 1 is 0.564 bits per heavy atom. The summed E-state index contributed by atoms with van der Waals surface area (Å²) in [5.74, 6) is -5.68. The smallest absolute Gasteiger partial charge is 0.311 e. The Balaban J connectivity index is 0.000000572. The summed E-state index contributed by atoms with van der Waals surface area (Å²) in [4.78, 5) is 45.6. The molecule has 0 spiro atoms. The lowest BCUT2D eigenvalue weighted by Crippen LogP contribution is -2.60. The fourth-order valence-corrected chi connectivity index (χ4v) is 15.2. The highest BCUT2D eigenvalue weighted by Gasteiger charge is 2.53. The molecule has 0 aliphatic carbocycles. The molecule has 4 saturated heterocycles. The van der Waals surface area contributed by atoms with Crippen molar-refractivity contribution in [1.82, 2.24) is 20.0 Å². The number of hydrogen-bond donors (Lipinski definition) is 11. The number of carbonyl (C=O) groups excluding carboxylic acids is 3. The van der Waals surface area contributed by atoms with Gasteiger partial charge in [0, 0.05) is 56.5 Å². The first-order chi connectivity index (χ1) is 47.1. The highest BCUT2D eigenvalue weighted by molar-refractivity contribution is 5.76. The minimum Gasteiger partial charge on any atom is -0.459 e. The molecule has 0 bridgehead atoms. The molecule has 0 saturated carbocycles. The van der Waals surface area contributed by atoms with E-state index in [0.717, 1.165) is 38.5 Å². The first-order valence-corrected chi connectivity index (χ1v) is 37.7. The number of nitrogens with zero attached hydrogens (tertiary/aromatic N) is 3. The van der Waals surface area contributed by atoms with Crippen molar-refractivity contribution < 1.29 is 93.9 Å². The Bertz CT molecular complexity index is 2580. The zero-order valence-corrected chi connectivity index (χ0v) is 65.4. The lowest BCUT2D eigenvalue weighted by molar-refractivity contribution is -0.299. The maximum atomic E-state index is 13.5. The number of esters is 2. The molecule has 4 aliphatic rings. The van der Waals surface area contributed by atoms with Gasteiger partial charge in [-0.05, 0) is 186 Å². The van der Waals surface area contributed by atoms with Gasteiger partial charge in [0.05, 0.1) is 65.7 Å². The third-order valence-electron chi connectivity index (χ3n) is 21.8. The van der Waals surface area contributed by atoms with Crippen LogP contribution in [0.15, 0.2) is 60.8 Å². The van der Waals surface area contributed by atoms with Gasteiger partial charge in [-0.15, -0.1) is 0 Å². The van der Waals surface area contributed by atoms with Crippen LogP contribution >= 0.6 is 0 Å². The van der Waals surface area contributed by atoms with E-state index in [1.807, 2.05) is 51.6 Å². The fraction of sp³-hybridized carbons (Fsp3) is 0.833. The van der Waals surface area contributed by atoms with Gasteiger partial charge < -0.3 is 99.5 Å². The van der Waals surface area contributed by atoms with Crippen molar-refractivity contribution in [2.45, 2.75) is 340 Å². The summed E-state index contributed by atoms with van der Waals surface area (Å²) in [6.07, 6.45) is 15.2. The molecule has 4 fully saturated rings. The van der Waals surface area contributed by atoms with Crippen molar-refractivity contribution in [3.63, 3.8) is 0 Å². The Morgan fingerprint density at radius 3 is 1.31 bits per heavy atom. The first kappa shape index (κ1) is 91.6. The van der Waals surface area contributed by atoms with Crippen molar-refractivity contribution in [3.8, 4) is 0 Å². The maximum Gasteiger partial charge on any atom is 0.311 e. The molecule has 0 aromatic rings. The standard InChI is InChI=1S/C49H84N2O10.C29H56N2O9/c1-12-14-15-16-17-18-19-20-21-22-23-24-25-26-27-28-29-30-41(52)51(11)39-31-35(4)59-47(43(39)54)61-45-36(5)42(53)37(6)46(56)60-40(13-2)49(9,58)44(55)38(7)50(10)33-34(3)32-48(45,8)57;1-11-21-29(8,37)24(34)19(6)31(10)14-15(2)13-28(7,36)25(17(4)22(32)18(5)26(35)39-21)40-27-23(33)20(30-9)12-16(3)38-27/h14-15,17-18,20-21,23-24,26-27,34-40,42-45,47,53-55,57-58H,12-13,16,19,22,25,28-33H2,1-11H3;15-25,27,30,32-34,36-37H,11-14H2,1-10H3/b15-14-,18-17-,21-20-,24-23-,27-26-;/t34-,35-,36+,37-,38-,39+,40-,42+,43-,44-,45-,47+,48-,49-;15-,16-,17+,18-,19-,20+,21-,22+,23-,24-,25-,27+,28-,29-/m11/s1. The molecule has 101 heavy (non-hydrogen) atoms. The van der Waals surface area contributed by atoms with E-state index < -0.39 is 156 Å². The summed E-state index contributed by atoms with van der Waals surface area (Å²) in [5.41, 5.74) is -6.64. The molecule has 4 heterocycles. The SMILES string of the molecule is CC/C=C\C/C=C\C/C=C\C/C=C\C/C=C\CCCC(=O)N(C)[C@H]1C[C@@H](C)O[C@@H](O[C@@H]2[C@@H](C)[C@H](O)[C@@H](C)C(=O)O[C@H](CC)[C@@](C)(O)[C@H](O)[C@@H](C)N(C)C[C@H](C)C[C@@]2(C)O)[C@@H]1O.CC[C@H]1OC(=O)[C@H](C)[C@@H](O)[C@H](C)[C@@H](O[C@@H]2O[C@H](C)C[C@H](NC)[C@H]2O)[C@](C)(O)C[C@@H](C)CN(C)[C@H](C)[C@@H](O)[C@]1(C)O. The van der Waals surface area contributed by atoms with E-state index in [2.05, 4.69) is 73.0 Å². The van der Waals surface area contributed by atoms with Gasteiger partial charge >= 0.3 is 11.9 Å². The number of cyclic esters (lactones) is 2. The van der Waals surface area contributed by atoms with Crippen LogP contribution in [-0.4, -0.2) is 257 Å². The third kappa shape index (κ3) is 26.7. The van der Waals surface area contributed by atoms with Crippen LogP contribution in [-0.2, 0) is 42.8 Å². The number of rotatable bonds is 21. The van der Waals surface area contributed by atoms with Gasteiger partial charge in [-0.1, -0.05) is 109 Å². The molecule has 1 amide bonds. The number of hydrogen-bond acceptors (Lipinski definition) is 22. The van der Waals surface area contributed by atoms with Gasteiger partial charge in [-0.2, -0.15) is 0 Å². The predicted molar refractivity (Wildman–Crippen MR) is 393 cm³/mol. The molecule has 4 rings (SSSR count). The molecule has 28 atom stereocenters. The highest BCUT2D eigenvalue weighted by Crippen LogP contribution is 2.40. The summed E-state index contributed by atoms with van der Waals surface area (Å²) in [6.45, 7) is 30.3. The van der Waals surface area contributed by atoms with Crippen LogP contribution < -0.4 is 5.32 Å². The van der Waals surface area contributed by atoms with Gasteiger partial charge in [0.1, 0.15) is 47.8 Å². The molecule has 0 radical (unpaired) electrons. The Labute approximate surface area is 606 Å². The van der Waals surface area contributed by atoms with Crippen molar-refractivity contribution in [3.05, 3.63) is 60.8 Å².